The van der Waals surface area contributed by atoms with Gasteiger partial charge in [0.15, 0.2) is 5.82 Å². The average Bonchev–Trinajstić information content (AvgIpc) is 3.35. The highest BCUT2D eigenvalue weighted by Gasteiger charge is 2.33. The van der Waals surface area contributed by atoms with E-state index in [2.05, 4.69) is 27.0 Å². The first-order chi connectivity index (χ1) is 12.5. The maximum atomic E-state index is 12.9. The molecule has 1 aliphatic heterocycles. The number of carbonyl (C=O) groups excluding carboxylic acids is 1. The van der Waals surface area contributed by atoms with E-state index < -0.39 is 0 Å². The van der Waals surface area contributed by atoms with Crippen LogP contribution in [0.3, 0.4) is 0 Å². The maximum Gasteiger partial charge on any atom is 0.274 e. The van der Waals surface area contributed by atoms with E-state index in [1.54, 1.807) is 17.8 Å². The summed E-state index contributed by atoms with van der Waals surface area (Å²) in [6.45, 7) is 4.51. The van der Waals surface area contributed by atoms with Gasteiger partial charge in [0.2, 0.25) is 0 Å². The zero-order chi connectivity index (χ0) is 18.3. The minimum Gasteiger partial charge on any atom is -0.356 e. The van der Waals surface area contributed by atoms with Gasteiger partial charge in [-0.05, 0) is 32.8 Å². The summed E-state index contributed by atoms with van der Waals surface area (Å²) in [6, 6.07) is 1.92. The van der Waals surface area contributed by atoms with Crippen molar-refractivity contribution < 1.29 is 9.32 Å². The minimum absolute atomic E-state index is 0.0297. The molecule has 0 spiro atoms. The molecular weight excluding hydrogens is 374 g/mol. The zero-order valence-corrected chi connectivity index (χ0v) is 16.0. The van der Waals surface area contributed by atoms with E-state index in [1.807, 2.05) is 11.8 Å². The van der Waals surface area contributed by atoms with E-state index in [4.69, 9.17) is 16.1 Å². The van der Waals surface area contributed by atoms with Gasteiger partial charge in [0, 0.05) is 24.7 Å². The van der Waals surface area contributed by atoms with Crippen molar-refractivity contribution in [3.05, 3.63) is 39.2 Å². The highest BCUT2D eigenvalue weighted by molar-refractivity contribution is 7.11. The summed E-state index contributed by atoms with van der Waals surface area (Å²) in [6.07, 6.45) is 3.48. The molecule has 3 aromatic heterocycles. The highest BCUT2D eigenvalue weighted by Crippen LogP contribution is 2.31. The van der Waals surface area contributed by atoms with Crippen LogP contribution in [0, 0.1) is 6.92 Å². The first-order valence-corrected chi connectivity index (χ1v) is 9.67. The molecule has 1 amide bonds. The molecular formula is C17H18ClN5O2S. The Morgan fingerprint density at radius 1 is 1.46 bits per heavy atom. The number of piperidine rings is 1. The van der Waals surface area contributed by atoms with Crippen molar-refractivity contribution in [1.82, 2.24) is 25.0 Å². The molecule has 7 nitrogen and oxygen atoms in total. The summed E-state index contributed by atoms with van der Waals surface area (Å²) < 4.78 is 5.37. The standard InChI is InChI=1S/C17H18ClN5O2S/c1-9-3-4-11(7-23(9)17(24)14-10(2)20-8-26-14)15-21-16(25-22-15)13-5-12(18)6-19-13/h5-6,8-9,11,19H,3-4,7H2,1-2H3/t9-,11+/m1/s1. The van der Waals surface area contributed by atoms with Crippen LogP contribution in [-0.4, -0.2) is 43.5 Å². The molecule has 3 aromatic rings. The van der Waals surface area contributed by atoms with Crippen LogP contribution >= 0.6 is 22.9 Å². The monoisotopic (exact) mass is 391 g/mol. The minimum atomic E-state index is 0.0297. The van der Waals surface area contributed by atoms with Gasteiger partial charge in [-0.25, -0.2) is 4.98 Å². The molecule has 0 bridgehead atoms. The Bertz CT molecular complexity index is 933. The van der Waals surface area contributed by atoms with Crippen molar-refractivity contribution in [2.45, 2.75) is 38.6 Å². The number of halogens is 1. The van der Waals surface area contributed by atoms with E-state index in [-0.39, 0.29) is 17.9 Å². The van der Waals surface area contributed by atoms with Gasteiger partial charge in [-0.2, -0.15) is 4.98 Å². The third-order valence-corrected chi connectivity index (χ3v) is 5.90. The van der Waals surface area contributed by atoms with Crippen molar-refractivity contribution in [2.75, 3.05) is 6.54 Å². The van der Waals surface area contributed by atoms with Gasteiger partial charge >= 0.3 is 0 Å². The lowest BCUT2D eigenvalue weighted by atomic mass is 9.92. The number of H-pyrrole nitrogens is 1. The number of rotatable bonds is 3. The van der Waals surface area contributed by atoms with Crippen LogP contribution in [0.2, 0.25) is 5.02 Å². The Hall–Kier alpha value is -2.19. The first kappa shape index (κ1) is 17.2. The van der Waals surface area contributed by atoms with Crippen LogP contribution in [0.15, 0.2) is 22.3 Å². The molecule has 0 radical (unpaired) electrons. The summed E-state index contributed by atoms with van der Waals surface area (Å²) in [5.41, 5.74) is 3.17. The Balaban J connectivity index is 1.54. The highest BCUT2D eigenvalue weighted by atomic mass is 35.5. The summed E-state index contributed by atoms with van der Waals surface area (Å²) in [4.78, 5) is 27.2. The average molecular weight is 392 g/mol. The maximum absolute atomic E-state index is 12.9. The molecule has 0 saturated carbocycles. The van der Waals surface area contributed by atoms with Gasteiger partial charge < -0.3 is 14.4 Å². The smallest absolute Gasteiger partial charge is 0.274 e. The van der Waals surface area contributed by atoms with Crippen LogP contribution in [0.25, 0.3) is 11.6 Å². The number of hydrogen-bond donors (Lipinski definition) is 1. The molecule has 4 heterocycles. The van der Waals surface area contributed by atoms with E-state index >= 15 is 0 Å². The number of thiazole rings is 1. The van der Waals surface area contributed by atoms with Gasteiger partial charge in [-0.3, -0.25) is 4.79 Å². The van der Waals surface area contributed by atoms with Gasteiger partial charge in [0.25, 0.3) is 11.8 Å². The van der Waals surface area contributed by atoms with Crippen molar-refractivity contribution in [2.24, 2.45) is 0 Å². The topological polar surface area (TPSA) is 87.9 Å². The van der Waals surface area contributed by atoms with Crippen LogP contribution in [-0.2, 0) is 0 Å². The third-order valence-electron chi connectivity index (χ3n) is 4.77. The summed E-state index contributed by atoms with van der Waals surface area (Å²) in [5, 5.41) is 4.71. The molecule has 1 saturated heterocycles. The van der Waals surface area contributed by atoms with Gasteiger partial charge in [0.1, 0.15) is 10.6 Å². The second kappa shape index (κ2) is 6.85. The van der Waals surface area contributed by atoms with E-state index in [1.165, 1.54) is 11.3 Å². The van der Waals surface area contributed by atoms with Crippen molar-refractivity contribution in [3.63, 3.8) is 0 Å². The van der Waals surface area contributed by atoms with Gasteiger partial charge in [0.05, 0.1) is 16.2 Å². The number of nitrogens with one attached hydrogen (secondary N) is 1. The lowest BCUT2D eigenvalue weighted by Gasteiger charge is -2.36. The predicted octanol–water partition coefficient (Wildman–Crippen LogP) is 3.89. The van der Waals surface area contributed by atoms with Crippen LogP contribution in [0.4, 0.5) is 0 Å². The van der Waals surface area contributed by atoms with Crippen molar-refractivity contribution in [3.8, 4) is 11.6 Å². The van der Waals surface area contributed by atoms with E-state index in [0.29, 0.717) is 33.9 Å². The fourth-order valence-corrected chi connectivity index (χ4v) is 4.16. The molecule has 4 rings (SSSR count). The molecule has 1 N–H and O–H groups in total. The predicted molar refractivity (Wildman–Crippen MR) is 98.4 cm³/mol. The number of likely N-dealkylation sites (tertiary alicyclic amines) is 1. The third kappa shape index (κ3) is 3.14. The lowest BCUT2D eigenvalue weighted by Crippen LogP contribution is -2.45. The Labute approximate surface area is 159 Å². The number of aromatic amines is 1. The number of aromatic nitrogens is 4. The van der Waals surface area contributed by atoms with Crippen molar-refractivity contribution >= 4 is 28.8 Å². The molecule has 1 fully saturated rings. The van der Waals surface area contributed by atoms with E-state index in [0.717, 1.165) is 18.5 Å². The largest absolute Gasteiger partial charge is 0.356 e. The molecule has 9 heteroatoms. The number of carbonyl (C=O) groups is 1. The summed E-state index contributed by atoms with van der Waals surface area (Å²) in [5.74, 6) is 1.10. The summed E-state index contributed by atoms with van der Waals surface area (Å²) in [7, 11) is 0. The Kier molecular flexibility index (Phi) is 4.54. The fourth-order valence-electron chi connectivity index (χ4n) is 3.24. The van der Waals surface area contributed by atoms with Gasteiger partial charge in [-0.1, -0.05) is 16.8 Å². The normalized spacial score (nSPS) is 20.5. The summed E-state index contributed by atoms with van der Waals surface area (Å²) >= 11 is 7.31. The second-order valence-electron chi connectivity index (χ2n) is 6.54. The Morgan fingerprint density at radius 2 is 2.31 bits per heavy atom. The fraction of sp³-hybridized carbons (Fsp3) is 0.412. The number of nitrogens with zero attached hydrogens (tertiary/aromatic N) is 4. The number of hydrogen-bond acceptors (Lipinski definition) is 6. The quantitative estimate of drug-likeness (QED) is 0.731. The molecule has 2 atom stereocenters. The number of aryl methyl sites for hydroxylation is 1. The Morgan fingerprint density at radius 3 is 3.00 bits per heavy atom. The SMILES string of the molecule is Cc1ncsc1C(=O)N1C[C@@H](c2noc(-c3cc(Cl)c[nH]3)n2)CC[C@H]1C. The van der Waals surface area contributed by atoms with Gasteiger partial charge in [-0.15, -0.1) is 11.3 Å². The number of amides is 1. The lowest BCUT2D eigenvalue weighted by molar-refractivity contribution is 0.0609. The first-order valence-electron chi connectivity index (χ1n) is 8.42. The molecule has 0 unspecified atom stereocenters. The second-order valence-corrected chi connectivity index (χ2v) is 7.83. The molecule has 0 aromatic carbocycles. The molecule has 26 heavy (non-hydrogen) atoms. The van der Waals surface area contributed by atoms with Crippen molar-refractivity contribution in [1.29, 1.82) is 0 Å². The van der Waals surface area contributed by atoms with Crippen LogP contribution in [0.1, 0.15) is 46.9 Å². The molecule has 136 valence electrons. The van der Waals surface area contributed by atoms with E-state index in [9.17, 15) is 4.79 Å². The van der Waals surface area contributed by atoms with Crippen LogP contribution in [0.5, 0.6) is 0 Å². The van der Waals surface area contributed by atoms with Crippen LogP contribution < -0.4 is 0 Å². The molecule has 0 aliphatic carbocycles. The molecule has 1 aliphatic rings. The zero-order valence-electron chi connectivity index (χ0n) is 14.4.